The highest BCUT2D eigenvalue weighted by Gasteiger charge is 2.25. The van der Waals surface area contributed by atoms with E-state index >= 15 is 0 Å². The van der Waals surface area contributed by atoms with Crippen molar-refractivity contribution in [2.45, 2.75) is 33.7 Å². The molecule has 1 aliphatic heterocycles. The minimum atomic E-state index is 0.882. The van der Waals surface area contributed by atoms with E-state index < -0.39 is 0 Å². The van der Waals surface area contributed by atoms with Gasteiger partial charge in [0.05, 0.1) is 11.4 Å². The fraction of sp³-hybridized carbons (Fsp3) is 0.550. The van der Waals surface area contributed by atoms with Crippen molar-refractivity contribution in [2.24, 2.45) is 0 Å². The molecule has 0 atom stereocenters. The second-order valence-electron chi connectivity index (χ2n) is 6.92. The molecule has 0 aliphatic carbocycles. The van der Waals surface area contributed by atoms with Crippen LogP contribution in [0, 0.1) is 6.92 Å². The van der Waals surface area contributed by atoms with Crippen molar-refractivity contribution < 1.29 is 0 Å². The number of anilines is 1. The third-order valence-corrected chi connectivity index (χ3v) is 4.98. The minimum absolute atomic E-state index is 0.882. The monoisotopic (exact) mass is 341 g/mol. The van der Waals surface area contributed by atoms with Crippen LogP contribution in [0.25, 0.3) is 5.69 Å². The van der Waals surface area contributed by atoms with Crippen LogP contribution in [-0.4, -0.2) is 54.5 Å². The highest BCUT2D eigenvalue weighted by atomic mass is 15.4. The quantitative estimate of drug-likeness (QED) is 0.876. The molecule has 2 aromatic rings. The number of nitrogens with zero attached hydrogens (tertiary/aromatic N) is 4. The molecule has 0 bridgehead atoms. The SMILES string of the molecule is CCNCc1c(CC)nn(-c2cccc(C)c2)c1N1CCN(C)CC1. The van der Waals surface area contributed by atoms with Crippen LogP contribution < -0.4 is 10.2 Å². The number of hydrogen-bond acceptors (Lipinski definition) is 4. The summed E-state index contributed by atoms with van der Waals surface area (Å²) in [6.45, 7) is 12.7. The molecule has 0 amide bonds. The van der Waals surface area contributed by atoms with E-state index in [2.05, 4.69) is 71.9 Å². The van der Waals surface area contributed by atoms with Crippen molar-refractivity contribution in [1.29, 1.82) is 0 Å². The molecule has 1 aromatic heterocycles. The number of aryl methyl sites for hydroxylation is 2. The van der Waals surface area contributed by atoms with Crippen LogP contribution in [-0.2, 0) is 13.0 Å². The molecule has 136 valence electrons. The second kappa shape index (κ2) is 8.02. The van der Waals surface area contributed by atoms with Gasteiger partial charge in [-0.3, -0.25) is 0 Å². The van der Waals surface area contributed by atoms with Gasteiger partial charge in [-0.25, -0.2) is 4.68 Å². The molecule has 0 spiro atoms. The van der Waals surface area contributed by atoms with Gasteiger partial charge in [-0.1, -0.05) is 26.0 Å². The second-order valence-corrected chi connectivity index (χ2v) is 6.92. The first kappa shape index (κ1) is 18.0. The molecule has 2 heterocycles. The Morgan fingerprint density at radius 3 is 2.52 bits per heavy atom. The number of aromatic nitrogens is 2. The molecule has 3 rings (SSSR count). The lowest BCUT2D eigenvalue weighted by Gasteiger charge is -2.34. The average Bonchev–Trinajstić information content (AvgIpc) is 2.99. The fourth-order valence-electron chi connectivity index (χ4n) is 3.48. The maximum absolute atomic E-state index is 5.01. The molecule has 0 saturated carbocycles. The number of piperazine rings is 1. The van der Waals surface area contributed by atoms with Gasteiger partial charge >= 0.3 is 0 Å². The van der Waals surface area contributed by atoms with Crippen molar-refractivity contribution in [3.63, 3.8) is 0 Å². The van der Waals surface area contributed by atoms with E-state index in [1.165, 1.54) is 22.6 Å². The zero-order valence-corrected chi connectivity index (χ0v) is 16.0. The Morgan fingerprint density at radius 2 is 1.88 bits per heavy atom. The summed E-state index contributed by atoms with van der Waals surface area (Å²) in [7, 11) is 2.20. The Balaban J connectivity index is 2.08. The minimum Gasteiger partial charge on any atom is -0.354 e. The summed E-state index contributed by atoms with van der Waals surface area (Å²) in [5, 5.41) is 8.52. The van der Waals surface area contributed by atoms with Crippen LogP contribution in [0.15, 0.2) is 24.3 Å². The van der Waals surface area contributed by atoms with Gasteiger partial charge < -0.3 is 15.1 Å². The smallest absolute Gasteiger partial charge is 0.137 e. The van der Waals surface area contributed by atoms with Crippen LogP contribution in [0.4, 0.5) is 5.82 Å². The molecule has 0 radical (unpaired) electrons. The van der Waals surface area contributed by atoms with E-state index in [9.17, 15) is 0 Å². The Morgan fingerprint density at radius 1 is 1.12 bits per heavy atom. The third-order valence-electron chi connectivity index (χ3n) is 4.98. The number of likely N-dealkylation sites (N-methyl/N-ethyl adjacent to an activating group) is 1. The maximum atomic E-state index is 5.01. The zero-order valence-electron chi connectivity index (χ0n) is 16.0. The first-order valence-electron chi connectivity index (χ1n) is 9.46. The lowest BCUT2D eigenvalue weighted by Crippen LogP contribution is -2.45. The Labute approximate surface area is 151 Å². The van der Waals surface area contributed by atoms with Crippen molar-refractivity contribution in [3.8, 4) is 5.69 Å². The van der Waals surface area contributed by atoms with Gasteiger partial charge in [-0.2, -0.15) is 5.10 Å². The van der Waals surface area contributed by atoms with Crippen LogP contribution >= 0.6 is 0 Å². The predicted octanol–water partition coefficient (Wildman–Crippen LogP) is 2.60. The van der Waals surface area contributed by atoms with Crippen molar-refractivity contribution in [1.82, 2.24) is 20.0 Å². The van der Waals surface area contributed by atoms with Crippen molar-refractivity contribution in [2.75, 3.05) is 44.7 Å². The molecule has 1 N–H and O–H groups in total. The summed E-state index contributed by atoms with van der Waals surface area (Å²) in [5.74, 6) is 1.27. The third kappa shape index (κ3) is 3.88. The molecular formula is C20H31N5. The van der Waals surface area contributed by atoms with E-state index in [1.807, 2.05) is 0 Å². The Bertz CT molecular complexity index is 698. The maximum Gasteiger partial charge on any atom is 0.137 e. The van der Waals surface area contributed by atoms with Crippen LogP contribution in [0.1, 0.15) is 30.7 Å². The van der Waals surface area contributed by atoms with E-state index in [0.717, 1.165) is 51.4 Å². The van der Waals surface area contributed by atoms with Gasteiger partial charge in [0.1, 0.15) is 5.82 Å². The van der Waals surface area contributed by atoms with Gasteiger partial charge in [0.25, 0.3) is 0 Å². The summed E-state index contributed by atoms with van der Waals surface area (Å²) in [4.78, 5) is 4.91. The van der Waals surface area contributed by atoms with Crippen LogP contribution in [0.5, 0.6) is 0 Å². The fourth-order valence-corrected chi connectivity index (χ4v) is 3.48. The number of rotatable bonds is 6. The molecule has 0 unspecified atom stereocenters. The van der Waals surface area contributed by atoms with E-state index in [0.29, 0.717) is 0 Å². The molecule has 1 saturated heterocycles. The van der Waals surface area contributed by atoms with Gasteiger partial charge in [-0.05, 0) is 44.6 Å². The highest BCUT2D eigenvalue weighted by molar-refractivity contribution is 5.56. The Kier molecular flexibility index (Phi) is 5.76. The van der Waals surface area contributed by atoms with Gasteiger partial charge in [0.15, 0.2) is 0 Å². The topological polar surface area (TPSA) is 36.3 Å². The van der Waals surface area contributed by atoms with Crippen LogP contribution in [0.2, 0.25) is 0 Å². The normalized spacial score (nSPS) is 15.8. The summed E-state index contributed by atoms with van der Waals surface area (Å²) in [5.41, 5.74) is 4.99. The van der Waals surface area contributed by atoms with Gasteiger partial charge in [-0.15, -0.1) is 0 Å². The predicted molar refractivity (Wildman–Crippen MR) is 105 cm³/mol. The van der Waals surface area contributed by atoms with Gasteiger partial charge in [0, 0.05) is 38.3 Å². The molecule has 1 aliphatic rings. The average molecular weight is 342 g/mol. The van der Waals surface area contributed by atoms with E-state index in [1.54, 1.807) is 0 Å². The molecule has 1 fully saturated rings. The van der Waals surface area contributed by atoms with E-state index in [-0.39, 0.29) is 0 Å². The van der Waals surface area contributed by atoms with E-state index in [4.69, 9.17) is 5.10 Å². The molecule has 5 heteroatoms. The van der Waals surface area contributed by atoms with Crippen LogP contribution in [0.3, 0.4) is 0 Å². The highest BCUT2D eigenvalue weighted by Crippen LogP contribution is 2.29. The van der Waals surface area contributed by atoms with Crippen molar-refractivity contribution in [3.05, 3.63) is 41.1 Å². The molecule has 1 aromatic carbocycles. The lowest BCUT2D eigenvalue weighted by molar-refractivity contribution is 0.311. The largest absolute Gasteiger partial charge is 0.354 e. The van der Waals surface area contributed by atoms with Gasteiger partial charge in [0.2, 0.25) is 0 Å². The number of nitrogens with one attached hydrogen (secondary N) is 1. The summed E-state index contributed by atoms with van der Waals surface area (Å²) < 4.78 is 2.17. The Hall–Kier alpha value is -1.85. The lowest BCUT2D eigenvalue weighted by atomic mass is 10.1. The first-order valence-corrected chi connectivity index (χ1v) is 9.46. The first-order chi connectivity index (χ1) is 12.1. The summed E-state index contributed by atoms with van der Waals surface area (Å²) in [6, 6.07) is 8.65. The zero-order chi connectivity index (χ0) is 17.8. The van der Waals surface area contributed by atoms with Crippen molar-refractivity contribution >= 4 is 5.82 Å². The summed E-state index contributed by atoms with van der Waals surface area (Å²) >= 11 is 0. The number of benzene rings is 1. The molecular weight excluding hydrogens is 310 g/mol. The number of hydrogen-bond donors (Lipinski definition) is 1. The molecule has 5 nitrogen and oxygen atoms in total. The standard InChI is InChI=1S/C20H31N5/c1-5-19-18(15-21-6-2)20(24-12-10-23(4)11-13-24)25(22-19)17-9-7-8-16(3)14-17/h7-9,14,21H,5-6,10-13,15H2,1-4H3. The summed E-state index contributed by atoms with van der Waals surface area (Å²) in [6.07, 6.45) is 0.959. The molecule has 25 heavy (non-hydrogen) atoms.